The number of allylic oxidation sites excluding steroid dienone is 1. The second-order valence-corrected chi connectivity index (χ2v) is 6.73. The molecule has 0 amide bonds. The molecule has 0 saturated heterocycles. The van der Waals surface area contributed by atoms with Crippen molar-refractivity contribution in [3.8, 4) is 0 Å². The molecular formula is C11H22O5Si. The van der Waals surface area contributed by atoms with Gasteiger partial charge in [-0.25, -0.2) is 4.79 Å². The molecule has 0 aliphatic rings. The zero-order chi connectivity index (χ0) is 13.3. The summed E-state index contributed by atoms with van der Waals surface area (Å²) in [6, 6.07) is 0.611. The molecule has 0 spiro atoms. The second kappa shape index (κ2) is 8.41. The molecule has 0 radical (unpaired) electrons. The van der Waals surface area contributed by atoms with Crippen molar-refractivity contribution in [3.05, 3.63) is 12.2 Å². The highest BCUT2D eigenvalue weighted by Crippen LogP contribution is 2.19. The Bertz CT molecular complexity index is 242. The summed E-state index contributed by atoms with van der Waals surface area (Å²) in [6.45, 7) is 4.05. The van der Waals surface area contributed by atoms with Gasteiger partial charge in [0.25, 0.3) is 0 Å². The highest BCUT2D eigenvalue weighted by atomic mass is 28.4. The normalized spacial score (nSPS) is 13.9. The lowest BCUT2D eigenvalue weighted by molar-refractivity contribution is -0.138. The van der Waals surface area contributed by atoms with E-state index in [9.17, 15) is 4.79 Å². The molecule has 0 aromatic rings. The zero-order valence-corrected chi connectivity index (χ0v) is 12.2. The van der Waals surface area contributed by atoms with Gasteiger partial charge in [-0.2, -0.15) is 0 Å². The Labute approximate surface area is 104 Å². The molecule has 6 heteroatoms. The molecule has 0 aromatic heterocycles. The zero-order valence-electron chi connectivity index (χ0n) is 11.2. The van der Waals surface area contributed by atoms with Gasteiger partial charge in [0, 0.05) is 33.4 Å². The van der Waals surface area contributed by atoms with E-state index < -0.39 is 8.80 Å². The Hall–Kier alpha value is -0.693. The lowest BCUT2D eigenvalue weighted by Gasteiger charge is -2.26. The van der Waals surface area contributed by atoms with Crippen LogP contribution in [0.5, 0.6) is 0 Å². The summed E-state index contributed by atoms with van der Waals surface area (Å²) in [5.41, 5.74) is 0. The number of carbonyl (C=O) groups excluding carboxylic acids is 1. The van der Waals surface area contributed by atoms with E-state index in [4.69, 9.17) is 18.0 Å². The van der Waals surface area contributed by atoms with Gasteiger partial charge in [0.1, 0.15) is 0 Å². The van der Waals surface area contributed by atoms with Gasteiger partial charge in [0.15, 0.2) is 0 Å². The molecule has 0 aromatic carbocycles. The molecule has 5 nitrogen and oxygen atoms in total. The Morgan fingerprint density at radius 2 is 1.76 bits per heavy atom. The summed E-state index contributed by atoms with van der Waals surface area (Å²) in [6.07, 6.45) is 3.03. The number of carbonyl (C=O) groups is 1. The third-order valence-corrected chi connectivity index (χ3v) is 5.41. The minimum Gasteiger partial charge on any atom is -0.462 e. The molecule has 0 aliphatic carbocycles. The Morgan fingerprint density at radius 1 is 1.24 bits per heavy atom. The third kappa shape index (κ3) is 5.97. The van der Waals surface area contributed by atoms with Crippen molar-refractivity contribution >= 4 is 14.8 Å². The van der Waals surface area contributed by atoms with Crippen molar-refractivity contribution in [3.63, 3.8) is 0 Å². The highest BCUT2D eigenvalue weighted by molar-refractivity contribution is 6.60. The van der Waals surface area contributed by atoms with Crippen LogP contribution in [0.4, 0.5) is 0 Å². The molecule has 1 atom stereocenters. The Morgan fingerprint density at radius 3 is 2.18 bits per heavy atom. The van der Waals surface area contributed by atoms with Crippen molar-refractivity contribution in [2.24, 2.45) is 5.92 Å². The monoisotopic (exact) mass is 262 g/mol. The molecule has 1 unspecified atom stereocenters. The number of hydrogen-bond donors (Lipinski definition) is 0. The van der Waals surface area contributed by atoms with Crippen molar-refractivity contribution in [2.45, 2.75) is 19.9 Å². The number of esters is 1. The first-order chi connectivity index (χ1) is 8.03. The van der Waals surface area contributed by atoms with Crippen molar-refractivity contribution in [2.75, 3.05) is 27.9 Å². The SMILES string of the molecule is CC=CC(=O)OCC(C)C[Si](OC)(OC)OC. The molecule has 0 rings (SSSR count). The lowest BCUT2D eigenvalue weighted by Crippen LogP contribution is -2.44. The van der Waals surface area contributed by atoms with E-state index in [1.807, 2.05) is 6.92 Å². The van der Waals surface area contributed by atoms with Gasteiger partial charge < -0.3 is 18.0 Å². The second-order valence-electron chi connectivity index (χ2n) is 3.73. The van der Waals surface area contributed by atoms with Gasteiger partial charge >= 0.3 is 14.8 Å². The first kappa shape index (κ1) is 16.3. The van der Waals surface area contributed by atoms with Gasteiger partial charge in [0.05, 0.1) is 6.61 Å². The first-order valence-electron chi connectivity index (χ1n) is 5.48. The van der Waals surface area contributed by atoms with Crippen molar-refractivity contribution < 1.29 is 22.8 Å². The van der Waals surface area contributed by atoms with E-state index in [2.05, 4.69) is 0 Å². The fourth-order valence-corrected chi connectivity index (χ4v) is 3.37. The molecule has 0 N–H and O–H groups in total. The average molecular weight is 262 g/mol. The summed E-state index contributed by atoms with van der Waals surface area (Å²) in [5.74, 6) is -0.213. The summed E-state index contributed by atoms with van der Waals surface area (Å²) in [5, 5.41) is 0. The molecule has 17 heavy (non-hydrogen) atoms. The predicted octanol–water partition coefficient (Wildman–Crippen LogP) is 1.62. The molecule has 0 heterocycles. The van der Waals surface area contributed by atoms with Crippen LogP contribution in [0.3, 0.4) is 0 Å². The summed E-state index contributed by atoms with van der Waals surface area (Å²) >= 11 is 0. The van der Waals surface area contributed by atoms with Crippen LogP contribution >= 0.6 is 0 Å². The van der Waals surface area contributed by atoms with Crippen molar-refractivity contribution in [1.82, 2.24) is 0 Å². The predicted molar refractivity (Wildman–Crippen MR) is 66.5 cm³/mol. The molecule has 0 fully saturated rings. The van der Waals surface area contributed by atoms with E-state index >= 15 is 0 Å². The van der Waals surface area contributed by atoms with Crippen LogP contribution in [-0.2, 0) is 22.8 Å². The maximum absolute atomic E-state index is 11.1. The summed E-state index contributed by atoms with van der Waals surface area (Å²) in [7, 11) is 2.12. The van der Waals surface area contributed by atoms with Crippen LogP contribution in [0.15, 0.2) is 12.2 Å². The first-order valence-corrected chi connectivity index (χ1v) is 7.41. The standard InChI is InChI=1S/C11H22O5Si/c1-6-7-11(12)16-8-10(2)9-17(13-3,14-4)15-5/h6-7,10H,8-9H2,1-5H3. The van der Waals surface area contributed by atoms with Crippen LogP contribution in [0, 0.1) is 5.92 Å². The number of hydrogen-bond acceptors (Lipinski definition) is 5. The van der Waals surface area contributed by atoms with Gasteiger partial charge in [-0.05, 0) is 12.8 Å². The lowest BCUT2D eigenvalue weighted by atomic mass is 10.2. The van der Waals surface area contributed by atoms with Crippen LogP contribution in [-0.4, -0.2) is 42.7 Å². The molecule has 0 bridgehead atoms. The van der Waals surface area contributed by atoms with Gasteiger partial charge in [-0.3, -0.25) is 0 Å². The number of ether oxygens (including phenoxy) is 1. The summed E-state index contributed by atoms with van der Waals surface area (Å²) < 4.78 is 21.0. The number of rotatable bonds is 8. The molecule has 0 saturated carbocycles. The average Bonchev–Trinajstić information content (AvgIpc) is 2.34. The van der Waals surface area contributed by atoms with Crippen LogP contribution in [0.25, 0.3) is 0 Å². The van der Waals surface area contributed by atoms with Gasteiger partial charge in [-0.15, -0.1) is 0 Å². The van der Waals surface area contributed by atoms with Crippen LogP contribution in [0.1, 0.15) is 13.8 Å². The van der Waals surface area contributed by atoms with Crippen LogP contribution < -0.4 is 0 Å². The highest BCUT2D eigenvalue weighted by Gasteiger charge is 2.39. The van der Waals surface area contributed by atoms with Crippen molar-refractivity contribution in [1.29, 1.82) is 0 Å². The summed E-state index contributed by atoms with van der Waals surface area (Å²) in [4.78, 5) is 11.1. The maximum Gasteiger partial charge on any atom is 0.500 e. The third-order valence-electron chi connectivity index (χ3n) is 2.34. The van der Waals surface area contributed by atoms with E-state index in [1.54, 1.807) is 34.3 Å². The van der Waals surface area contributed by atoms with Gasteiger partial charge in [-0.1, -0.05) is 13.0 Å². The Balaban J connectivity index is 4.15. The van der Waals surface area contributed by atoms with Crippen LogP contribution in [0.2, 0.25) is 6.04 Å². The molecule has 100 valence electrons. The topological polar surface area (TPSA) is 54.0 Å². The minimum atomic E-state index is -2.58. The van der Waals surface area contributed by atoms with Gasteiger partial charge in [0.2, 0.25) is 0 Å². The molecule has 0 aliphatic heterocycles. The van der Waals surface area contributed by atoms with E-state index in [0.717, 1.165) is 0 Å². The van der Waals surface area contributed by atoms with E-state index in [1.165, 1.54) is 6.08 Å². The maximum atomic E-state index is 11.1. The fraction of sp³-hybridized carbons (Fsp3) is 0.727. The minimum absolute atomic E-state index is 0.121. The fourth-order valence-electron chi connectivity index (χ4n) is 1.39. The quantitative estimate of drug-likeness (QED) is 0.378. The van der Waals surface area contributed by atoms with E-state index in [-0.39, 0.29) is 11.9 Å². The van der Waals surface area contributed by atoms with E-state index in [0.29, 0.717) is 12.7 Å². The largest absolute Gasteiger partial charge is 0.500 e. The molecular weight excluding hydrogens is 240 g/mol. The Kier molecular flexibility index (Phi) is 8.06. The smallest absolute Gasteiger partial charge is 0.462 e.